The third-order valence-corrected chi connectivity index (χ3v) is 2.79. The van der Waals surface area contributed by atoms with Gasteiger partial charge in [-0.2, -0.15) is 10.4 Å². The minimum Gasteiger partial charge on any atom is -0.506 e. The fraction of sp³-hybridized carbons (Fsp3) is 0.167. The second kappa shape index (κ2) is 3.61. The molecule has 1 N–H and O–H groups in total. The third kappa shape index (κ3) is 1.39. The van der Waals surface area contributed by atoms with Crippen LogP contribution in [0.4, 0.5) is 0 Å². The van der Waals surface area contributed by atoms with E-state index < -0.39 is 0 Å². The first-order valence-corrected chi connectivity index (χ1v) is 5.18. The van der Waals surface area contributed by atoms with Crippen molar-refractivity contribution in [2.75, 3.05) is 0 Å². The summed E-state index contributed by atoms with van der Waals surface area (Å²) >= 11 is 0. The zero-order valence-corrected chi connectivity index (χ0v) is 8.92. The molecule has 0 saturated carbocycles. The van der Waals surface area contributed by atoms with E-state index in [1.807, 2.05) is 12.1 Å². The van der Waals surface area contributed by atoms with Crippen LogP contribution in [0.5, 0.6) is 5.75 Å². The van der Waals surface area contributed by atoms with Crippen molar-refractivity contribution in [3.05, 3.63) is 41.2 Å². The molecule has 0 aliphatic carbocycles. The van der Waals surface area contributed by atoms with Gasteiger partial charge < -0.3 is 9.84 Å². The summed E-state index contributed by atoms with van der Waals surface area (Å²) in [6.45, 7) is 0.824. The molecule has 0 amide bonds. The maximum absolute atomic E-state index is 9.79. The van der Waals surface area contributed by atoms with Crippen LogP contribution in [0.25, 0.3) is 5.69 Å². The number of nitrogens with zero attached hydrogens (tertiary/aromatic N) is 3. The van der Waals surface area contributed by atoms with Gasteiger partial charge in [0.2, 0.25) is 0 Å². The Labute approximate surface area is 97.5 Å². The summed E-state index contributed by atoms with van der Waals surface area (Å²) < 4.78 is 6.89. The first-order chi connectivity index (χ1) is 8.31. The summed E-state index contributed by atoms with van der Waals surface area (Å²) in [7, 11) is 0. The van der Waals surface area contributed by atoms with E-state index in [0.717, 1.165) is 11.3 Å². The summed E-state index contributed by atoms with van der Waals surface area (Å²) in [6, 6.07) is 8.93. The first kappa shape index (κ1) is 9.87. The quantitative estimate of drug-likeness (QED) is 0.801. The molecule has 1 aliphatic heterocycles. The molecule has 5 nitrogen and oxygen atoms in total. The van der Waals surface area contributed by atoms with Crippen molar-refractivity contribution in [3.8, 4) is 17.5 Å². The van der Waals surface area contributed by atoms with Crippen molar-refractivity contribution in [1.82, 2.24) is 9.78 Å². The van der Waals surface area contributed by atoms with Gasteiger partial charge in [0, 0.05) is 5.56 Å². The molecule has 84 valence electrons. The molecule has 0 spiro atoms. The maximum Gasteiger partial charge on any atom is 0.168 e. The van der Waals surface area contributed by atoms with E-state index in [-0.39, 0.29) is 5.75 Å². The van der Waals surface area contributed by atoms with Gasteiger partial charge in [0.25, 0.3) is 0 Å². The molecule has 1 aromatic carbocycles. The largest absolute Gasteiger partial charge is 0.506 e. The van der Waals surface area contributed by atoms with Crippen LogP contribution in [0.15, 0.2) is 24.3 Å². The standard InChI is InChI=1S/C12H9N3O2/c13-5-9-8-6-17-7-11(8)15(14-9)10-3-1-2-4-12(10)16/h1-4,16H,6-7H2. The number of phenolic OH excluding ortho intramolecular Hbond substituents is 1. The number of fused-ring (bicyclic) bond motifs is 1. The SMILES string of the molecule is N#Cc1nn(-c2ccccc2O)c2c1COC2. The van der Waals surface area contributed by atoms with Crippen LogP contribution in [-0.4, -0.2) is 14.9 Å². The van der Waals surface area contributed by atoms with Gasteiger partial charge in [0.1, 0.15) is 17.5 Å². The minimum absolute atomic E-state index is 0.134. The molecule has 0 unspecified atom stereocenters. The Hall–Kier alpha value is -2.32. The summed E-state index contributed by atoms with van der Waals surface area (Å²) in [4.78, 5) is 0. The van der Waals surface area contributed by atoms with Crippen LogP contribution < -0.4 is 0 Å². The van der Waals surface area contributed by atoms with Crippen molar-refractivity contribution >= 4 is 0 Å². The lowest BCUT2D eigenvalue weighted by Gasteiger charge is -2.06. The zero-order chi connectivity index (χ0) is 11.8. The number of aromatic nitrogens is 2. The van der Waals surface area contributed by atoms with Gasteiger partial charge in [-0.15, -0.1) is 0 Å². The molecule has 1 aliphatic rings. The van der Waals surface area contributed by atoms with E-state index in [0.29, 0.717) is 24.6 Å². The Morgan fingerprint density at radius 2 is 2.18 bits per heavy atom. The number of hydrogen-bond donors (Lipinski definition) is 1. The van der Waals surface area contributed by atoms with E-state index in [9.17, 15) is 5.11 Å². The molecule has 2 heterocycles. The van der Waals surface area contributed by atoms with Crippen molar-refractivity contribution in [1.29, 1.82) is 5.26 Å². The summed E-state index contributed by atoms with van der Waals surface area (Å²) in [6.07, 6.45) is 0. The Balaban J connectivity index is 2.24. The number of hydrogen-bond acceptors (Lipinski definition) is 4. The Kier molecular flexibility index (Phi) is 2.10. The Morgan fingerprint density at radius 1 is 1.35 bits per heavy atom. The molecular formula is C12H9N3O2. The molecule has 0 fully saturated rings. The highest BCUT2D eigenvalue weighted by molar-refractivity contribution is 5.49. The fourth-order valence-corrected chi connectivity index (χ4v) is 1.97. The predicted octanol–water partition coefficient (Wildman–Crippen LogP) is 1.48. The van der Waals surface area contributed by atoms with Gasteiger partial charge in [-0.25, -0.2) is 4.68 Å². The molecule has 17 heavy (non-hydrogen) atoms. The van der Waals surface area contributed by atoms with Crippen LogP contribution in [0, 0.1) is 11.3 Å². The third-order valence-electron chi connectivity index (χ3n) is 2.79. The van der Waals surface area contributed by atoms with Gasteiger partial charge in [0.15, 0.2) is 5.69 Å². The van der Waals surface area contributed by atoms with Crippen molar-refractivity contribution in [2.45, 2.75) is 13.2 Å². The molecule has 3 rings (SSSR count). The lowest BCUT2D eigenvalue weighted by molar-refractivity contribution is 0.130. The molecule has 0 atom stereocenters. The van der Waals surface area contributed by atoms with Crippen molar-refractivity contribution < 1.29 is 9.84 Å². The number of aromatic hydroxyl groups is 1. The summed E-state index contributed by atoms with van der Waals surface area (Å²) in [5.41, 5.74) is 2.58. The monoisotopic (exact) mass is 227 g/mol. The van der Waals surface area contributed by atoms with Crippen LogP contribution in [0.2, 0.25) is 0 Å². The molecule has 5 heteroatoms. The van der Waals surface area contributed by atoms with E-state index >= 15 is 0 Å². The van der Waals surface area contributed by atoms with E-state index in [1.165, 1.54) is 0 Å². The van der Waals surface area contributed by atoms with Gasteiger partial charge in [-0.3, -0.25) is 0 Å². The number of ether oxygens (including phenoxy) is 1. The lowest BCUT2D eigenvalue weighted by Crippen LogP contribution is -2.02. The minimum atomic E-state index is 0.134. The van der Waals surface area contributed by atoms with E-state index in [2.05, 4.69) is 5.10 Å². The molecule has 0 bridgehead atoms. The van der Waals surface area contributed by atoms with Gasteiger partial charge in [-0.05, 0) is 12.1 Å². The molecule has 0 radical (unpaired) electrons. The van der Waals surface area contributed by atoms with Crippen LogP contribution in [-0.2, 0) is 18.0 Å². The highest BCUT2D eigenvalue weighted by Gasteiger charge is 2.24. The fourth-order valence-electron chi connectivity index (χ4n) is 1.97. The van der Waals surface area contributed by atoms with E-state index in [4.69, 9.17) is 10.00 Å². The highest BCUT2D eigenvalue weighted by Crippen LogP contribution is 2.29. The topological polar surface area (TPSA) is 71.1 Å². The van der Waals surface area contributed by atoms with Gasteiger partial charge in [-0.1, -0.05) is 12.1 Å². The lowest BCUT2D eigenvalue weighted by atomic mass is 10.2. The molecule has 1 aromatic heterocycles. The van der Waals surface area contributed by atoms with Gasteiger partial charge in [0.05, 0.1) is 18.9 Å². The summed E-state index contributed by atoms with van der Waals surface area (Å²) in [5, 5.41) is 23.0. The number of para-hydroxylation sites is 2. The Morgan fingerprint density at radius 3 is 2.94 bits per heavy atom. The van der Waals surface area contributed by atoms with Crippen LogP contribution in [0.1, 0.15) is 17.0 Å². The maximum atomic E-state index is 9.79. The van der Waals surface area contributed by atoms with E-state index in [1.54, 1.807) is 22.9 Å². The Bertz CT molecular complexity index is 625. The predicted molar refractivity (Wildman–Crippen MR) is 58.4 cm³/mol. The van der Waals surface area contributed by atoms with Crippen molar-refractivity contribution in [3.63, 3.8) is 0 Å². The van der Waals surface area contributed by atoms with Crippen LogP contribution >= 0.6 is 0 Å². The number of rotatable bonds is 1. The normalized spacial score (nSPS) is 13.4. The average Bonchev–Trinajstić information content (AvgIpc) is 2.91. The van der Waals surface area contributed by atoms with Crippen molar-refractivity contribution in [2.24, 2.45) is 0 Å². The second-order valence-electron chi connectivity index (χ2n) is 3.78. The molecule has 2 aromatic rings. The van der Waals surface area contributed by atoms with Crippen LogP contribution in [0.3, 0.4) is 0 Å². The van der Waals surface area contributed by atoms with Gasteiger partial charge >= 0.3 is 0 Å². The first-order valence-electron chi connectivity index (χ1n) is 5.18. The molecule has 0 saturated heterocycles. The average molecular weight is 227 g/mol. The number of nitriles is 1. The number of benzene rings is 1. The number of phenols is 1. The zero-order valence-electron chi connectivity index (χ0n) is 8.92. The molecular weight excluding hydrogens is 218 g/mol. The second-order valence-corrected chi connectivity index (χ2v) is 3.78. The smallest absolute Gasteiger partial charge is 0.168 e. The highest BCUT2D eigenvalue weighted by atomic mass is 16.5. The summed E-state index contributed by atoms with van der Waals surface area (Å²) in [5.74, 6) is 0.134.